The summed E-state index contributed by atoms with van der Waals surface area (Å²) < 4.78 is 23.0. The summed E-state index contributed by atoms with van der Waals surface area (Å²) in [5.74, 6) is -0.349. The first kappa shape index (κ1) is 16.4. The lowest BCUT2D eigenvalue weighted by molar-refractivity contribution is -0.151. The fourth-order valence-electron chi connectivity index (χ4n) is 2.43. The number of hydrogen-bond donors (Lipinski definition) is 1. The van der Waals surface area contributed by atoms with Crippen LogP contribution in [0.3, 0.4) is 0 Å². The third-order valence-corrected chi connectivity index (χ3v) is 5.92. The molecule has 6 heteroatoms. The van der Waals surface area contributed by atoms with Crippen molar-refractivity contribution in [3.05, 3.63) is 0 Å². The zero-order chi connectivity index (χ0) is 14.7. The molecule has 1 atom stereocenters. The van der Waals surface area contributed by atoms with Crippen LogP contribution in [-0.2, 0) is 14.6 Å². The van der Waals surface area contributed by atoms with Gasteiger partial charge in [-0.3, -0.25) is 4.79 Å². The van der Waals surface area contributed by atoms with Crippen molar-refractivity contribution in [1.29, 1.82) is 0 Å². The Balaban J connectivity index is 2.58. The molecule has 0 saturated carbocycles. The van der Waals surface area contributed by atoms with Gasteiger partial charge in [0.1, 0.15) is 0 Å². The van der Waals surface area contributed by atoms with Crippen molar-refractivity contribution >= 4 is 15.8 Å². The number of sulfone groups is 1. The second-order valence-electron chi connectivity index (χ2n) is 5.90. The summed E-state index contributed by atoms with van der Waals surface area (Å²) in [5, 5.41) is 9.26. The lowest BCUT2D eigenvalue weighted by Crippen LogP contribution is -2.45. The predicted molar refractivity (Wildman–Crippen MR) is 74.9 cm³/mol. The van der Waals surface area contributed by atoms with Crippen molar-refractivity contribution in [3.63, 3.8) is 0 Å². The Morgan fingerprint density at radius 1 is 1.42 bits per heavy atom. The Bertz CT molecular complexity index is 416. The molecular weight excluding hydrogens is 266 g/mol. The van der Waals surface area contributed by atoms with Crippen molar-refractivity contribution in [2.75, 3.05) is 31.1 Å². The van der Waals surface area contributed by atoms with Crippen LogP contribution >= 0.6 is 0 Å². The molecule has 1 unspecified atom stereocenters. The molecule has 0 aromatic heterocycles. The van der Waals surface area contributed by atoms with E-state index in [1.807, 2.05) is 0 Å². The maximum atomic E-state index is 11.5. The summed E-state index contributed by atoms with van der Waals surface area (Å²) >= 11 is 0. The largest absolute Gasteiger partial charge is 0.481 e. The Morgan fingerprint density at radius 2 is 2.05 bits per heavy atom. The van der Waals surface area contributed by atoms with Crippen LogP contribution in [0.2, 0.25) is 0 Å². The van der Waals surface area contributed by atoms with Crippen LogP contribution in [0.5, 0.6) is 0 Å². The van der Waals surface area contributed by atoms with Crippen LogP contribution in [0.4, 0.5) is 0 Å². The molecule has 0 spiro atoms. The zero-order valence-electron chi connectivity index (χ0n) is 12.1. The van der Waals surface area contributed by atoms with E-state index < -0.39 is 21.2 Å². The molecule has 0 aromatic rings. The minimum Gasteiger partial charge on any atom is -0.481 e. The fourth-order valence-corrected chi connectivity index (χ4v) is 3.26. The van der Waals surface area contributed by atoms with Gasteiger partial charge < -0.3 is 10.0 Å². The zero-order valence-corrected chi connectivity index (χ0v) is 12.9. The Kier molecular flexibility index (Phi) is 5.38. The first-order chi connectivity index (χ1) is 8.69. The summed E-state index contributed by atoms with van der Waals surface area (Å²) in [7, 11) is -2.95. The molecule has 1 aliphatic rings. The van der Waals surface area contributed by atoms with Crippen LogP contribution < -0.4 is 0 Å². The van der Waals surface area contributed by atoms with Gasteiger partial charge in [0.25, 0.3) is 0 Å². The van der Waals surface area contributed by atoms with Gasteiger partial charge in [-0.25, -0.2) is 8.42 Å². The quantitative estimate of drug-likeness (QED) is 0.797. The molecule has 112 valence electrons. The average Bonchev–Trinajstić information content (AvgIpc) is 2.37. The average molecular weight is 291 g/mol. The molecule has 1 saturated heterocycles. The lowest BCUT2D eigenvalue weighted by Gasteiger charge is -2.39. The lowest BCUT2D eigenvalue weighted by atomic mass is 9.74. The molecule has 1 N–H and O–H groups in total. The molecule has 1 heterocycles. The first-order valence-corrected chi connectivity index (χ1v) is 8.67. The molecule has 0 aliphatic carbocycles. The minimum atomic E-state index is -2.95. The molecule has 0 amide bonds. The monoisotopic (exact) mass is 291 g/mol. The number of hydrogen-bond acceptors (Lipinski definition) is 4. The summed E-state index contributed by atoms with van der Waals surface area (Å²) in [6.07, 6.45) is 1.84. The van der Waals surface area contributed by atoms with Gasteiger partial charge in [-0.15, -0.1) is 0 Å². The maximum absolute atomic E-state index is 11.5. The van der Waals surface area contributed by atoms with Gasteiger partial charge in [0.2, 0.25) is 0 Å². The van der Waals surface area contributed by atoms with E-state index in [-0.39, 0.29) is 17.4 Å². The standard InChI is InChI=1S/C13H25NO4S/c1-4-19(17,18)9-8-14-7-5-6-11(10-14)13(2,3)12(15)16/h11H,4-10H2,1-3H3,(H,15,16). The summed E-state index contributed by atoms with van der Waals surface area (Å²) in [4.78, 5) is 13.4. The number of nitrogens with zero attached hydrogens (tertiary/aromatic N) is 1. The van der Waals surface area contributed by atoms with Crippen molar-refractivity contribution in [2.45, 2.75) is 33.6 Å². The summed E-state index contributed by atoms with van der Waals surface area (Å²) in [5.41, 5.74) is -0.748. The molecule has 5 nitrogen and oxygen atoms in total. The van der Waals surface area contributed by atoms with E-state index in [9.17, 15) is 18.3 Å². The number of carboxylic acid groups (broad SMARTS) is 1. The number of carbonyl (C=O) groups is 1. The Hall–Kier alpha value is -0.620. The summed E-state index contributed by atoms with van der Waals surface area (Å²) in [6, 6.07) is 0. The maximum Gasteiger partial charge on any atom is 0.309 e. The van der Waals surface area contributed by atoms with E-state index in [0.717, 1.165) is 19.4 Å². The number of aliphatic carboxylic acids is 1. The Morgan fingerprint density at radius 3 is 2.58 bits per heavy atom. The first-order valence-electron chi connectivity index (χ1n) is 6.85. The fraction of sp³-hybridized carbons (Fsp3) is 0.923. The summed E-state index contributed by atoms with van der Waals surface area (Å²) in [6.45, 7) is 7.23. The van der Waals surface area contributed by atoms with Gasteiger partial charge in [-0.05, 0) is 39.2 Å². The molecule has 1 rings (SSSR count). The highest BCUT2D eigenvalue weighted by atomic mass is 32.2. The molecular formula is C13H25NO4S. The molecule has 0 radical (unpaired) electrons. The topological polar surface area (TPSA) is 74.7 Å². The predicted octanol–water partition coefficient (Wildman–Crippen LogP) is 1.24. The third kappa shape index (κ3) is 4.45. The van der Waals surface area contributed by atoms with Crippen molar-refractivity contribution in [3.8, 4) is 0 Å². The van der Waals surface area contributed by atoms with Crippen molar-refractivity contribution in [2.24, 2.45) is 11.3 Å². The van der Waals surface area contributed by atoms with Gasteiger partial charge in [0.05, 0.1) is 11.2 Å². The second-order valence-corrected chi connectivity index (χ2v) is 8.38. The molecule has 1 fully saturated rings. The van der Waals surface area contributed by atoms with E-state index in [2.05, 4.69) is 4.90 Å². The normalized spacial score (nSPS) is 22.4. The van der Waals surface area contributed by atoms with Crippen molar-refractivity contribution in [1.82, 2.24) is 4.90 Å². The van der Waals surface area contributed by atoms with Crippen LogP contribution in [0, 0.1) is 11.3 Å². The van der Waals surface area contributed by atoms with E-state index in [0.29, 0.717) is 13.1 Å². The molecule has 0 aromatic carbocycles. The second kappa shape index (κ2) is 6.22. The van der Waals surface area contributed by atoms with Crippen LogP contribution in [0.25, 0.3) is 0 Å². The smallest absolute Gasteiger partial charge is 0.309 e. The van der Waals surface area contributed by atoms with Gasteiger partial charge in [0.15, 0.2) is 9.84 Å². The van der Waals surface area contributed by atoms with Crippen LogP contribution in [0.1, 0.15) is 33.6 Å². The third-order valence-electron chi connectivity index (χ3n) is 4.24. The van der Waals surface area contributed by atoms with E-state index in [4.69, 9.17) is 0 Å². The number of carboxylic acids is 1. The number of rotatable bonds is 6. The van der Waals surface area contributed by atoms with E-state index in [1.165, 1.54) is 0 Å². The molecule has 1 aliphatic heterocycles. The van der Waals surface area contributed by atoms with Gasteiger partial charge >= 0.3 is 5.97 Å². The Labute approximate surface area is 115 Å². The minimum absolute atomic E-state index is 0.0862. The highest BCUT2D eigenvalue weighted by molar-refractivity contribution is 7.91. The highest BCUT2D eigenvalue weighted by Gasteiger charge is 2.39. The SMILES string of the molecule is CCS(=O)(=O)CCN1CCCC(C(C)(C)C(=O)O)C1. The number of likely N-dealkylation sites (tertiary alicyclic amines) is 1. The van der Waals surface area contributed by atoms with Gasteiger partial charge in [-0.1, -0.05) is 6.92 Å². The van der Waals surface area contributed by atoms with Crippen LogP contribution in [0.15, 0.2) is 0 Å². The van der Waals surface area contributed by atoms with E-state index >= 15 is 0 Å². The van der Waals surface area contributed by atoms with Gasteiger partial charge in [0, 0.05) is 18.8 Å². The van der Waals surface area contributed by atoms with Crippen LogP contribution in [-0.4, -0.2) is 55.5 Å². The highest BCUT2D eigenvalue weighted by Crippen LogP contribution is 2.34. The van der Waals surface area contributed by atoms with Gasteiger partial charge in [-0.2, -0.15) is 0 Å². The van der Waals surface area contributed by atoms with Crippen molar-refractivity contribution < 1.29 is 18.3 Å². The number of piperidine rings is 1. The molecule has 0 bridgehead atoms. The molecule has 19 heavy (non-hydrogen) atoms. The van der Waals surface area contributed by atoms with E-state index in [1.54, 1.807) is 20.8 Å².